The Bertz CT molecular complexity index is 1110. The first-order valence-electron chi connectivity index (χ1n) is 11.7. The smallest absolute Gasteiger partial charge is 0.326 e. The molecule has 3 rings (SSSR count). The number of benzene rings is 3. The summed E-state index contributed by atoms with van der Waals surface area (Å²) >= 11 is 0. The van der Waals surface area contributed by atoms with E-state index in [1.807, 2.05) is 72.8 Å². The molecule has 0 bridgehead atoms. The van der Waals surface area contributed by atoms with Gasteiger partial charge >= 0.3 is 5.97 Å². The van der Waals surface area contributed by atoms with Crippen LogP contribution in [0.1, 0.15) is 35.4 Å². The third kappa shape index (κ3) is 7.09. The first-order valence-corrected chi connectivity index (χ1v) is 11.7. The summed E-state index contributed by atoms with van der Waals surface area (Å²) in [6, 6.07) is 24.9. The fourth-order valence-electron chi connectivity index (χ4n) is 4.17. The van der Waals surface area contributed by atoms with Gasteiger partial charge in [-0.1, -0.05) is 72.8 Å². The summed E-state index contributed by atoms with van der Waals surface area (Å²) in [6.07, 6.45) is 0.612. The van der Waals surface area contributed by atoms with Crippen LogP contribution in [-0.4, -0.2) is 47.5 Å². The monoisotopic (exact) mass is 488 g/mol. The Kier molecular flexibility index (Phi) is 9.45. The number of rotatable bonds is 12. The summed E-state index contributed by atoms with van der Waals surface area (Å²) in [4.78, 5) is 28.2. The van der Waals surface area contributed by atoms with E-state index in [1.54, 1.807) is 19.2 Å². The van der Waals surface area contributed by atoms with Crippen LogP contribution < -0.4 is 15.8 Å². The van der Waals surface area contributed by atoms with E-state index in [9.17, 15) is 14.7 Å². The van der Waals surface area contributed by atoms with Crippen molar-refractivity contribution in [2.45, 2.75) is 31.3 Å². The van der Waals surface area contributed by atoms with Crippen LogP contribution in [0, 0.1) is 5.41 Å². The molecule has 0 saturated heterocycles. The molecule has 8 heteroatoms. The second-order valence-corrected chi connectivity index (χ2v) is 8.41. The van der Waals surface area contributed by atoms with Crippen molar-refractivity contribution in [1.82, 2.24) is 10.2 Å². The number of nitrogens with zero attached hydrogens (tertiary/aromatic N) is 1. The van der Waals surface area contributed by atoms with E-state index in [4.69, 9.17) is 15.9 Å². The molecule has 0 aliphatic heterocycles. The molecule has 0 radical (unpaired) electrons. The van der Waals surface area contributed by atoms with Gasteiger partial charge in [-0.05, 0) is 41.7 Å². The average molecular weight is 489 g/mol. The molecule has 1 amide bonds. The minimum atomic E-state index is -1.09. The molecule has 0 unspecified atom stereocenters. The van der Waals surface area contributed by atoms with Gasteiger partial charge in [-0.25, -0.2) is 4.79 Å². The quantitative estimate of drug-likeness (QED) is 0.175. The third-order valence-electron chi connectivity index (χ3n) is 5.91. The number of carboxylic acid groups (broad SMARTS) is 1. The number of guanidine groups is 1. The van der Waals surface area contributed by atoms with Crippen molar-refractivity contribution in [2.75, 3.05) is 13.7 Å². The Morgan fingerprint density at radius 3 is 2.14 bits per heavy atom. The lowest BCUT2D eigenvalue weighted by Crippen LogP contribution is -2.47. The Morgan fingerprint density at radius 2 is 1.61 bits per heavy atom. The molecule has 0 heterocycles. The molecule has 1 atom stereocenters. The molecule has 0 aromatic heterocycles. The van der Waals surface area contributed by atoms with Crippen LogP contribution in [0.3, 0.4) is 0 Å². The van der Waals surface area contributed by atoms with E-state index in [0.717, 1.165) is 16.7 Å². The summed E-state index contributed by atoms with van der Waals surface area (Å²) in [5.41, 5.74) is 7.68. The Balaban J connectivity index is 2.02. The Labute approximate surface area is 211 Å². The highest BCUT2D eigenvalue weighted by Crippen LogP contribution is 2.29. The highest BCUT2D eigenvalue weighted by molar-refractivity contribution is 5.90. The zero-order chi connectivity index (χ0) is 25.9. The highest BCUT2D eigenvalue weighted by Gasteiger charge is 2.35. The van der Waals surface area contributed by atoms with E-state index < -0.39 is 17.9 Å². The lowest BCUT2D eigenvalue weighted by Gasteiger charge is -2.33. The number of nitrogens with two attached hydrogens (primary N) is 1. The van der Waals surface area contributed by atoms with Gasteiger partial charge < -0.3 is 25.8 Å². The molecule has 5 N–H and O–H groups in total. The van der Waals surface area contributed by atoms with Crippen molar-refractivity contribution in [3.05, 3.63) is 102 Å². The number of carbonyl (C=O) groups is 2. The van der Waals surface area contributed by atoms with Gasteiger partial charge in [0.25, 0.3) is 0 Å². The molecule has 3 aromatic rings. The number of methoxy groups -OCH3 is 1. The van der Waals surface area contributed by atoms with E-state index in [1.165, 1.54) is 4.90 Å². The SMILES string of the molecule is COc1cccc(CN(C(=O)C(c2ccccc2)c2ccccc2)[C@@H](CCCNC(=N)N)C(=O)O)c1. The molecule has 0 spiro atoms. The maximum Gasteiger partial charge on any atom is 0.326 e. The molecule has 0 saturated carbocycles. The van der Waals surface area contributed by atoms with Gasteiger partial charge in [-0.3, -0.25) is 10.2 Å². The van der Waals surface area contributed by atoms with Gasteiger partial charge in [0.2, 0.25) is 5.91 Å². The topological polar surface area (TPSA) is 129 Å². The normalized spacial score (nSPS) is 11.5. The van der Waals surface area contributed by atoms with Crippen LogP contribution in [-0.2, 0) is 16.1 Å². The standard InChI is InChI=1S/C28H32N4O4/c1-36-23-15-8-10-20(18-23)19-32(24(27(34)35)16-9-17-31-28(29)30)26(33)25(21-11-4-2-5-12-21)22-13-6-3-7-14-22/h2-8,10-15,18,24-25H,9,16-17,19H2,1H3,(H,34,35)(H4,29,30,31)/t24-/m0/s1. The Hall–Kier alpha value is -4.33. The van der Waals surface area contributed by atoms with E-state index >= 15 is 0 Å². The van der Waals surface area contributed by atoms with Crippen molar-refractivity contribution >= 4 is 17.8 Å². The van der Waals surface area contributed by atoms with Crippen molar-refractivity contribution in [3.63, 3.8) is 0 Å². The van der Waals surface area contributed by atoms with E-state index in [0.29, 0.717) is 18.7 Å². The maximum absolute atomic E-state index is 14.3. The predicted octanol–water partition coefficient (Wildman–Crippen LogP) is 3.57. The first-order chi connectivity index (χ1) is 17.4. The number of carboxylic acids is 1. The molecule has 8 nitrogen and oxygen atoms in total. The van der Waals surface area contributed by atoms with E-state index in [-0.39, 0.29) is 24.8 Å². The van der Waals surface area contributed by atoms with Crippen molar-refractivity contribution < 1.29 is 19.4 Å². The number of hydrogen-bond acceptors (Lipinski definition) is 4. The summed E-state index contributed by atoms with van der Waals surface area (Å²) in [5, 5.41) is 20.2. The molecule has 0 aliphatic carbocycles. The molecule has 36 heavy (non-hydrogen) atoms. The predicted molar refractivity (Wildman–Crippen MR) is 139 cm³/mol. The van der Waals surface area contributed by atoms with Crippen LogP contribution >= 0.6 is 0 Å². The van der Waals surface area contributed by atoms with Crippen molar-refractivity contribution in [2.24, 2.45) is 5.73 Å². The average Bonchev–Trinajstić information content (AvgIpc) is 2.89. The Morgan fingerprint density at radius 1 is 1.00 bits per heavy atom. The van der Waals surface area contributed by atoms with E-state index in [2.05, 4.69) is 5.32 Å². The fraction of sp³-hybridized carbons (Fsp3) is 0.250. The van der Waals surface area contributed by atoms with Gasteiger partial charge in [0.1, 0.15) is 11.8 Å². The number of ether oxygens (including phenoxy) is 1. The molecule has 3 aromatic carbocycles. The summed E-state index contributed by atoms with van der Waals surface area (Å²) in [5.74, 6) is -1.62. The molecule has 188 valence electrons. The summed E-state index contributed by atoms with van der Waals surface area (Å²) < 4.78 is 5.33. The van der Waals surface area contributed by atoms with Gasteiger partial charge in [0.05, 0.1) is 13.0 Å². The molecular formula is C28H32N4O4. The molecule has 0 aliphatic rings. The number of amides is 1. The maximum atomic E-state index is 14.3. The van der Waals surface area contributed by atoms with Crippen LogP contribution in [0.25, 0.3) is 0 Å². The minimum Gasteiger partial charge on any atom is -0.497 e. The lowest BCUT2D eigenvalue weighted by molar-refractivity contribution is -0.151. The lowest BCUT2D eigenvalue weighted by atomic mass is 9.89. The summed E-state index contributed by atoms with van der Waals surface area (Å²) in [7, 11) is 1.56. The van der Waals surface area contributed by atoms with Crippen LogP contribution in [0.4, 0.5) is 0 Å². The third-order valence-corrected chi connectivity index (χ3v) is 5.91. The number of aliphatic carboxylic acids is 1. The first kappa shape index (κ1) is 26.3. The van der Waals surface area contributed by atoms with Gasteiger partial charge in [0.15, 0.2) is 5.96 Å². The fourth-order valence-corrected chi connectivity index (χ4v) is 4.17. The minimum absolute atomic E-state index is 0.101. The summed E-state index contributed by atoms with van der Waals surface area (Å²) in [6.45, 7) is 0.435. The number of nitrogens with one attached hydrogen (secondary N) is 2. The number of hydrogen-bond donors (Lipinski definition) is 4. The number of carbonyl (C=O) groups excluding carboxylic acids is 1. The van der Waals surface area contributed by atoms with Gasteiger partial charge in [0, 0.05) is 13.1 Å². The molecular weight excluding hydrogens is 456 g/mol. The second-order valence-electron chi connectivity index (χ2n) is 8.41. The van der Waals surface area contributed by atoms with Gasteiger partial charge in [-0.15, -0.1) is 0 Å². The largest absolute Gasteiger partial charge is 0.497 e. The zero-order valence-electron chi connectivity index (χ0n) is 20.3. The van der Waals surface area contributed by atoms with Crippen LogP contribution in [0.2, 0.25) is 0 Å². The van der Waals surface area contributed by atoms with Crippen LogP contribution in [0.5, 0.6) is 5.75 Å². The van der Waals surface area contributed by atoms with Crippen LogP contribution in [0.15, 0.2) is 84.9 Å². The van der Waals surface area contributed by atoms with Crippen molar-refractivity contribution in [1.29, 1.82) is 5.41 Å². The van der Waals surface area contributed by atoms with Gasteiger partial charge in [-0.2, -0.15) is 0 Å². The zero-order valence-corrected chi connectivity index (χ0v) is 20.3. The highest BCUT2D eigenvalue weighted by atomic mass is 16.5. The second kappa shape index (κ2) is 12.9. The molecule has 0 fully saturated rings. The van der Waals surface area contributed by atoms with Crippen molar-refractivity contribution in [3.8, 4) is 5.75 Å².